The minimum Gasteiger partial charge on any atom is -0.481 e. The fourth-order valence-electron chi connectivity index (χ4n) is 3.89. The van der Waals surface area contributed by atoms with Crippen LogP contribution in [0.1, 0.15) is 57.2 Å². The van der Waals surface area contributed by atoms with Crippen molar-refractivity contribution in [2.75, 3.05) is 0 Å². The Labute approximate surface area is 124 Å². The molecule has 2 atom stereocenters. The number of carbonyl (C=O) groups is 1. The van der Waals surface area contributed by atoms with Gasteiger partial charge in [0.15, 0.2) is 5.82 Å². The molecule has 6 heteroatoms. The molecule has 0 aromatic carbocycles. The summed E-state index contributed by atoms with van der Waals surface area (Å²) in [6.07, 6.45) is 6.48. The summed E-state index contributed by atoms with van der Waals surface area (Å²) in [5.74, 6) is 1.15. The number of nitrogens with zero attached hydrogens (tertiary/aromatic N) is 3. The molecule has 1 aromatic rings. The molecular formula is C15H23N3O3. The van der Waals surface area contributed by atoms with Crippen LogP contribution in [-0.2, 0) is 17.8 Å². The maximum absolute atomic E-state index is 10.9. The SMILES string of the molecule is CCCc1noc(CN2C3CCC2CC(CC(=O)O)C3)n1. The second-order valence-electron chi connectivity index (χ2n) is 6.35. The predicted molar refractivity (Wildman–Crippen MR) is 75.6 cm³/mol. The van der Waals surface area contributed by atoms with E-state index in [2.05, 4.69) is 22.0 Å². The van der Waals surface area contributed by atoms with Gasteiger partial charge >= 0.3 is 5.97 Å². The Hall–Kier alpha value is -1.43. The first kappa shape index (κ1) is 14.5. The summed E-state index contributed by atoms with van der Waals surface area (Å²) in [5.41, 5.74) is 0. The van der Waals surface area contributed by atoms with E-state index in [0.29, 0.717) is 36.9 Å². The standard InChI is InChI=1S/C15H23N3O3/c1-2-3-13-16-14(21-17-13)9-18-11-4-5-12(18)7-10(6-11)8-15(19)20/h10-12H,2-9H2,1H3,(H,19,20). The zero-order valence-corrected chi connectivity index (χ0v) is 12.5. The van der Waals surface area contributed by atoms with Gasteiger partial charge < -0.3 is 9.63 Å². The number of piperidine rings is 1. The van der Waals surface area contributed by atoms with E-state index in [1.54, 1.807) is 0 Å². The van der Waals surface area contributed by atoms with Crippen molar-refractivity contribution in [3.8, 4) is 0 Å². The van der Waals surface area contributed by atoms with Gasteiger partial charge in [-0.25, -0.2) is 0 Å². The second-order valence-corrected chi connectivity index (χ2v) is 6.35. The van der Waals surface area contributed by atoms with E-state index in [1.165, 1.54) is 0 Å². The predicted octanol–water partition coefficient (Wildman–Crippen LogP) is 2.24. The summed E-state index contributed by atoms with van der Waals surface area (Å²) >= 11 is 0. The Morgan fingerprint density at radius 1 is 1.38 bits per heavy atom. The molecule has 2 aliphatic rings. The number of aliphatic carboxylic acids is 1. The lowest BCUT2D eigenvalue weighted by molar-refractivity contribution is -0.138. The summed E-state index contributed by atoms with van der Waals surface area (Å²) in [7, 11) is 0. The Bertz CT molecular complexity index is 488. The van der Waals surface area contributed by atoms with Crippen molar-refractivity contribution in [1.82, 2.24) is 15.0 Å². The lowest BCUT2D eigenvalue weighted by Gasteiger charge is -2.37. The number of hydrogen-bond donors (Lipinski definition) is 1. The normalized spacial score (nSPS) is 28.9. The summed E-state index contributed by atoms with van der Waals surface area (Å²) in [4.78, 5) is 17.8. The Kier molecular flexibility index (Phi) is 4.24. The number of carboxylic acid groups (broad SMARTS) is 1. The number of aromatic nitrogens is 2. The highest BCUT2D eigenvalue weighted by atomic mass is 16.5. The third-order valence-corrected chi connectivity index (χ3v) is 4.75. The van der Waals surface area contributed by atoms with Gasteiger partial charge in [-0.15, -0.1) is 0 Å². The van der Waals surface area contributed by atoms with Crippen LogP contribution in [0.4, 0.5) is 0 Å². The van der Waals surface area contributed by atoms with Gasteiger partial charge in [0, 0.05) is 24.9 Å². The number of rotatable bonds is 6. The van der Waals surface area contributed by atoms with Crippen molar-refractivity contribution in [1.29, 1.82) is 0 Å². The molecule has 1 aromatic heterocycles. The summed E-state index contributed by atoms with van der Waals surface area (Å²) in [6.45, 7) is 2.81. The van der Waals surface area contributed by atoms with Gasteiger partial charge in [0.2, 0.25) is 5.89 Å². The topological polar surface area (TPSA) is 79.5 Å². The van der Waals surface area contributed by atoms with Gasteiger partial charge in [-0.2, -0.15) is 4.98 Å². The Morgan fingerprint density at radius 3 is 2.71 bits per heavy atom. The van der Waals surface area contributed by atoms with Crippen LogP contribution >= 0.6 is 0 Å². The van der Waals surface area contributed by atoms with E-state index in [9.17, 15) is 4.79 Å². The van der Waals surface area contributed by atoms with Gasteiger partial charge in [0.25, 0.3) is 0 Å². The van der Waals surface area contributed by atoms with E-state index in [-0.39, 0.29) is 0 Å². The van der Waals surface area contributed by atoms with Crippen molar-refractivity contribution in [2.45, 2.75) is 70.5 Å². The molecule has 2 bridgehead atoms. The molecule has 3 heterocycles. The zero-order chi connectivity index (χ0) is 14.8. The molecule has 1 N–H and O–H groups in total. The van der Waals surface area contributed by atoms with Gasteiger partial charge in [-0.3, -0.25) is 9.69 Å². The lowest BCUT2D eigenvalue weighted by atomic mass is 9.88. The molecule has 0 radical (unpaired) electrons. The number of carboxylic acids is 1. The summed E-state index contributed by atoms with van der Waals surface area (Å²) in [5, 5.41) is 13.0. The van der Waals surface area contributed by atoms with E-state index in [0.717, 1.165) is 44.3 Å². The van der Waals surface area contributed by atoms with Crippen molar-refractivity contribution in [3.63, 3.8) is 0 Å². The molecular weight excluding hydrogens is 270 g/mol. The number of aryl methyl sites for hydroxylation is 1. The first-order valence-electron chi connectivity index (χ1n) is 7.94. The molecule has 0 aliphatic carbocycles. The van der Waals surface area contributed by atoms with Gasteiger partial charge in [-0.05, 0) is 38.0 Å². The second kappa shape index (κ2) is 6.13. The number of fused-ring (bicyclic) bond motifs is 2. The highest BCUT2D eigenvalue weighted by Gasteiger charge is 2.41. The first-order valence-corrected chi connectivity index (χ1v) is 7.94. The fraction of sp³-hybridized carbons (Fsp3) is 0.800. The Morgan fingerprint density at radius 2 is 2.10 bits per heavy atom. The molecule has 2 aliphatic heterocycles. The van der Waals surface area contributed by atoms with Crippen molar-refractivity contribution in [2.24, 2.45) is 5.92 Å². The lowest BCUT2D eigenvalue weighted by Crippen LogP contribution is -2.42. The number of hydrogen-bond acceptors (Lipinski definition) is 5. The molecule has 0 amide bonds. The maximum Gasteiger partial charge on any atom is 0.303 e. The third-order valence-electron chi connectivity index (χ3n) is 4.75. The van der Waals surface area contributed by atoms with Crippen molar-refractivity contribution in [3.05, 3.63) is 11.7 Å². The summed E-state index contributed by atoms with van der Waals surface area (Å²) < 4.78 is 5.34. The molecule has 116 valence electrons. The van der Waals surface area contributed by atoms with Crippen LogP contribution in [0.2, 0.25) is 0 Å². The molecule has 21 heavy (non-hydrogen) atoms. The van der Waals surface area contributed by atoms with Crippen LogP contribution in [-0.4, -0.2) is 38.2 Å². The zero-order valence-electron chi connectivity index (χ0n) is 12.5. The molecule has 6 nitrogen and oxygen atoms in total. The highest BCUT2D eigenvalue weighted by Crippen LogP contribution is 2.40. The summed E-state index contributed by atoms with van der Waals surface area (Å²) in [6, 6.07) is 0.962. The molecule has 2 saturated heterocycles. The van der Waals surface area contributed by atoms with Crippen molar-refractivity contribution >= 4 is 5.97 Å². The third kappa shape index (κ3) is 3.26. The smallest absolute Gasteiger partial charge is 0.303 e. The van der Waals surface area contributed by atoms with Crippen molar-refractivity contribution < 1.29 is 14.4 Å². The van der Waals surface area contributed by atoms with E-state index in [1.807, 2.05) is 0 Å². The van der Waals surface area contributed by atoms with Crippen LogP contribution in [0.5, 0.6) is 0 Å². The van der Waals surface area contributed by atoms with Gasteiger partial charge in [0.05, 0.1) is 6.54 Å². The molecule has 0 saturated carbocycles. The molecule has 2 fully saturated rings. The monoisotopic (exact) mass is 293 g/mol. The minimum absolute atomic E-state index is 0.308. The van der Waals surface area contributed by atoms with Crippen LogP contribution in [0.3, 0.4) is 0 Å². The highest BCUT2D eigenvalue weighted by molar-refractivity contribution is 5.67. The van der Waals surface area contributed by atoms with E-state index < -0.39 is 5.97 Å². The van der Waals surface area contributed by atoms with Gasteiger partial charge in [0.1, 0.15) is 0 Å². The molecule has 3 rings (SSSR count). The van der Waals surface area contributed by atoms with Crippen LogP contribution in [0.25, 0.3) is 0 Å². The Balaban J connectivity index is 1.61. The average molecular weight is 293 g/mol. The van der Waals surface area contributed by atoms with Gasteiger partial charge in [-0.1, -0.05) is 12.1 Å². The first-order chi connectivity index (χ1) is 10.2. The fourth-order valence-corrected chi connectivity index (χ4v) is 3.89. The van der Waals surface area contributed by atoms with Crippen LogP contribution < -0.4 is 0 Å². The quantitative estimate of drug-likeness (QED) is 0.866. The van der Waals surface area contributed by atoms with E-state index in [4.69, 9.17) is 9.63 Å². The van der Waals surface area contributed by atoms with Crippen LogP contribution in [0, 0.1) is 5.92 Å². The average Bonchev–Trinajstić information content (AvgIpc) is 2.94. The maximum atomic E-state index is 10.9. The molecule has 2 unspecified atom stereocenters. The van der Waals surface area contributed by atoms with Crippen LogP contribution in [0.15, 0.2) is 4.52 Å². The minimum atomic E-state index is -0.672. The molecule has 0 spiro atoms. The van der Waals surface area contributed by atoms with E-state index >= 15 is 0 Å². The largest absolute Gasteiger partial charge is 0.481 e.